The van der Waals surface area contributed by atoms with Gasteiger partial charge >= 0.3 is 5.97 Å². The molecule has 2 aromatic rings. The van der Waals surface area contributed by atoms with E-state index >= 15 is 0 Å². The summed E-state index contributed by atoms with van der Waals surface area (Å²) < 4.78 is 10.4. The molecule has 0 N–H and O–H groups in total. The second-order valence-corrected chi connectivity index (χ2v) is 3.34. The van der Waals surface area contributed by atoms with Crippen LogP contribution in [0.15, 0.2) is 28.7 Å². The largest absolute Gasteiger partial charge is 0.453 e. The molecule has 2 bridgehead atoms. The molecule has 0 unspecified atom stereocenters. The molecule has 0 aliphatic carbocycles. The van der Waals surface area contributed by atoms with Gasteiger partial charge < -0.3 is 9.15 Å². The molecular weight excluding hydrogens is 180 g/mol. The number of rotatable bonds is 2. The zero-order valence-corrected chi connectivity index (χ0v) is 8.09. The fraction of sp³-hybridized carbons (Fsp3) is 0.182. The lowest BCUT2D eigenvalue weighted by Crippen LogP contribution is -2.07. The first kappa shape index (κ1) is 8.81. The number of fused-ring (bicyclic) bond motifs is 2. The first-order chi connectivity index (χ1) is 6.58. The van der Waals surface area contributed by atoms with E-state index in [0.29, 0.717) is 16.9 Å². The van der Waals surface area contributed by atoms with E-state index in [2.05, 4.69) is 6.58 Å². The molecule has 0 amide bonds. The second kappa shape index (κ2) is 2.87. The Balaban J connectivity index is 2.30. The van der Waals surface area contributed by atoms with Gasteiger partial charge in [0.05, 0.1) is 0 Å². The summed E-state index contributed by atoms with van der Waals surface area (Å²) in [5.41, 5.74) is 2.71. The van der Waals surface area contributed by atoms with Crippen LogP contribution in [0.5, 0.6) is 5.75 Å². The van der Waals surface area contributed by atoms with Crippen LogP contribution in [0.1, 0.15) is 12.5 Å². The van der Waals surface area contributed by atoms with Gasteiger partial charge in [-0.25, -0.2) is 4.79 Å². The highest BCUT2D eigenvalue weighted by molar-refractivity contribution is 5.91. The second-order valence-electron chi connectivity index (χ2n) is 3.34. The summed E-state index contributed by atoms with van der Waals surface area (Å²) in [6.07, 6.45) is 0. The van der Waals surface area contributed by atoms with E-state index < -0.39 is 5.97 Å². The molecule has 14 heavy (non-hydrogen) atoms. The van der Waals surface area contributed by atoms with Crippen molar-refractivity contribution >= 4 is 17.1 Å². The number of aryl methyl sites for hydroxylation is 1. The maximum atomic E-state index is 11.2. The molecular formula is C11H10O3. The molecule has 0 saturated heterocycles. The normalized spacial score (nSPS) is 10.7. The predicted octanol–water partition coefficient (Wildman–Crippen LogP) is 2.66. The van der Waals surface area contributed by atoms with Gasteiger partial charge in [-0.1, -0.05) is 6.58 Å². The van der Waals surface area contributed by atoms with Crippen LogP contribution in [0.3, 0.4) is 0 Å². The summed E-state index contributed by atoms with van der Waals surface area (Å²) in [5.74, 6) is 0.0568. The third kappa shape index (κ3) is 1.27. The summed E-state index contributed by atoms with van der Waals surface area (Å²) in [4.78, 5) is 11.2. The van der Waals surface area contributed by atoms with Crippen LogP contribution < -0.4 is 4.74 Å². The van der Waals surface area contributed by atoms with Gasteiger partial charge in [0.25, 0.3) is 0 Å². The minimum Gasteiger partial charge on any atom is -0.453 e. The molecule has 0 spiro atoms. The van der Waals surface area contributed by atoms with Crippen molar-refractivity contribution < 1.29 is 13.9 Å². The SMILES string of the molecule is C=C(C)C(=O)Oc1cc2cc(C)c1o2. The Morgan fingerprint density at radius 1 is 1.50 bits per heavy atom. The first-order valence-electron chi connectivity index (χ1n) is 4.28. The number of carbonyl (C=O) groups is 1. The highest BCUT2D eigenvalue weighted by atomic mass is 16.5. The third-order valence-electron chi connectivity index (χ3n) is 1.99. The summed E-state index contributed by atoms with van der Waals surface area (Å²) in [7, 11) is 0. The van der Waals surface area contributed by atoms with E-state index in [9.17, 15) is 4.79 Å². The van der Waals surface area contributed by atoms with Crippen molar-refractivity contribution in [1.82, 2.24) is 0 Å². The summed E-state index contributed by atoms with van der Waals surface area (Å²) in [6.45, 7) is 7.02. The van der Waals surface area contributed by atoms with Crippen molar-refractivity contribution in [2.75, 3.05) is 0 Å². The summed E-state index contributed by atoms with van der Waals surface area (Å²) >= 11 is 0. The van der Waals surface area contributed by atoms with Gasteiger partial charge in [0.1, 0.15) is 5.58 Å². The number of ether oxygens (including phenoxy) is 1. The Hall–Kier alpha value is -1.77. The molecule has 0 aromatic carbocycles. The van der Waals surface area contributed by atoms with Gasteiger partial charge in [-0.2, -0.15) is 0 Å². The topological polar surface area (TPSA) is 39.4 Å². The van der Waals surface area contributed by atoms with Crippen molar-refractivity contribution in [2.45, 2.75) is 13.8 Å². The monoisotopic (exact) mass is 190 g/mol. The van der Waals surface area contributed by atoms with E-state index in [4.69, 9.17) is 9.15 Å². The van der Waals surface area contributed by atoms with E-state index in [1.165, 1.54) is 0 Å². The summed E-state index contributed by atoms with van der Waals surface area (Å²) in [5, 5.41) is 0. The van der Waals surface area contributed by atoms with Crippen LogP contribution in [0.25, 0.3) is 11.2 Å². The Morgan fingerprint density at radius 3 is 2.71 bits per heavy atom. The first-order valence-corrected chi connectivity index (χ1v) is 4.28. The van der Waals surface area contributed by atoms with E-state index in [0.717, 1.165) is 11.1 Å². The minimum absolute atomic E-state index is 0.376. The van der Waals surface area contributed by atoms with Crippen LogP contribution in [-0.4, -0.2) is 5.97 Å². The van der Waals surface area contributed by atoms with Crippen molar-refractivity contribution in [3.63, 3.8) is 0 Å². The predicted molar refractivity (Wildman–Crippen MR) is 52.6 cm³/mol. The summed E-state index contributed by atoms with van der Waals surface area (Å²) in [6, 6.07) is 3.59. The number of esters is 1. The standard InChI is InChI=1S/C11H10O3/c1-6(2)11(12)14-9-5-8-4-7(3)10(9)13-8/h4-5H,1H2,2-3H3. The maximum absolute atomic E-state index is 11.2. The zero-order chi connectivity index (χ0) is 10.3. The van der Waals surface area contributed by atoms with Gasteiger partial charge in [-0.05, 0) is 25.5 Å². The Labute approximate surface area is 81.3 Å². The lowest BCUT2D eigenvalue weighted by atomic mass is 10.2. The van der Waals surface area contributed by atoms with Crippen molar-refractivity contribution in [2.24, 2.45) is 0 Å². The van der Waals surface area contributed by atoms with E-state index in [1.54, 1.807) is 13.0 Å². The van der Waals surface area contributed by atoms with E-state index in [1.807, 2.05) is 13.0 Å². The smallest absolute Gasteiger partial charge is 0.338 e. The Kier molecular flexibility index (Phi) is 1.81. The zero-order valence-electron chi connectivity index (χ0n) is 8.09. The van der Waals surface area contributed by atoms with Gasteiger partial charge in [0, 0.05) is 11.6 Å². The van der Waals surface area contributed by atoms with Gasteiger partial charge in [0.15, 0.2) is 11.3 Å². The molecule has 3 heteroatoms. The highest BCUT2D eigenvalue weighted by Gasteiger charge is 2.15. The lowest BCUT2D eigenvalue weighted by Gasteiger charge is -2.01. The number of carbonyl (C=O) groups excluding carboxylic acids is 1. The van der Waals surface area contributed by atoms with Crippen LogP contribution in [-0.2, 0) is 4.79 Å². The number of benzene rings is 1. The van der Waals surface area contributed by atoms with Crippen LogP contribution in [0.4, 0.5) is 0 Å². The molecule has 2 aromatic heterocycles. The number of furan rings is 2. The number of hydrogen-bond acceptors (Lipinski definition) is 3. The molecule has 0 saturated carbocycles. The van der Waals surface area contributed by atoms with Crippen LogP contribution in [0.2, 0.25) is 0 Å². The Morgan fingerprint density at radius 2 is 2.21 bits per heavy atom. The molecule has 0 aliphatic heterocycles. The highest BCUT2D eigenvalue weighted by Crippen LogP contribution is 2.32. The van der Waals surface area contributed by atoms with Crippen molar-refractivity contribution in [3.8, 4) is 5.75 Å². The molecule has 0 radical (unpaired) electrons. The maximum Gasteiger partial charge on any atom is 0.338 e. The quantitative estimate of drug-likeness (QED) is 0.415. The molecule has 3 nitrogen and oxygen atoms in total. The minimum atomic E-state index is -0.423. The fourth-order valence-corrected chi connectivity index (χ4v) is 1.28. The fourth-order valence-electron chi connectivity index (χ4n) is 1.28. The molecule has 2 heterocycles. The van der Waals surface area contributed by atoms with Crippen LogP contribution >= 0.6 is 0 Å². The molecule has 0 fully saturated rings. The lowest BCUT2D eigenvalue weighted by molar-refractivity contribution is -0.130. The van der Waals surface area contributed by atoms with Crippen molar-refractivity contribution in [3.05, 3.63) is 29.8 Å². The average Bonchev–Trinajstić information content (AvgIpc) is 2.61. The average molecular weight is 190 g/mol. The molecule has 0 atom stereocenters. The molecule has 0 aliphatic rings. The Bertz CT molecular complexity index is 493. The van der Waals surface area contributed by atoms with Crippen LogP contribution in [0, 0.1) is 6.92 Å². The van der Waals surface area contributed by atoms with Gasteiger partial charge in [-0.3, -0.25) is 0 Å². The van der Waals surface area contributed by atoms with E-state index in [-0.39, 0.29) is 0 Å². The molecule has 2 rings (SSSR count). The van der Waals surface area contributed by atoms with Crippen molar-refractivity contribution in [1.29, 1.82) is 0 Å². The third-order valence-corrected chi connectivity index (χ3v) is 1.99. The van der Waals surface area contributed by atoms with Gasteiger partial charge in [-0.15, -0.1) is 0 Å². The number of hydrogen-bond donors (Lipinski definition) is 0. The van der Waals surface area contributed by atoms with Gasteiger partial charge in [0.2, 0.25) is 0 Å². The molecule has 72 valence electrons.